The van der Waals surface area contributed by atoms with Crippen LogP contribution in [0.25, 0.3) is 0 Å². The molecule has 0 aliphatic rings. The molecule has 6 heteroatoms. The van der Waals surface area contributed by atoms with Gasteiger partial charge < -0.3 is 14.2 Å². The van der Waals surface area contributed by atoms with Crippen LogP contribution in [-0.2, 0) is 28.6 Å². The molecule has 260 valence electrons. The van der Waals surface area contributed by atoms with Gasteiger partial charge in [0, 0.05) is 19.3 Å². The number of esters is 3. The van der Waals surface area contributed by atoms with Crippen molar-refractivity contribution in [1.29, 1.82) is 0 Å². The minimum atomic E-state index is -0.756. The third-order valence-electron chi connectivity index (χ3n) is 8.65. The molecule has 0 saturated heterocycles. The summed E-state index contributed by atoms with van der Waals surface area (Å²) >= 11 is 0. The Kier molecular flexibility index (Phi) is 31.6. The van der Waals surface area contributed by atoms with Gasteiger partial charge >= 0.3 is 17.9 Å². The zero-order valence-corrected chi connectivity index (χ0v) is 29.6. The molecule has 0 aliphatic heterocycles. The zero-order valence-electron chi connectivity index (χ0n) is 29.6. The molecule has 0 spiro atoms. The number of hydrogen-bond acceptors (Lipinski definition) is 6. The van der Waals surface area contributed by atoms with Gasteiger partial charge in [0.1, 0.15) is 13.2 Å². The zero-order chi connectivity index (χ0) is 32.5. The van der Waals surface area contributed by atoms with Gasteiger partial charge in [-0.15, -0.1) is 0 Å². The number of ether oxygens (including phenoxy) is 3. The second-order valence-corrected chi connectivity index (χ2v) is 13.1. The van der Waals surface area contributed by atoms with Gasteiger partial charge in [-0.05, 0) is 25.2 Å². The molecule has 44 heavy (non-hydrogen) atoms. The standard InChI is InChI=1S/C38H72O6/c1-5-8-10-12-13-14-15-16-17-22-26-30-37(40)43-33-35(32-42-36(39)29-25-20-11-9-6-2)44-38(41)31-27-23-19-18-21-24-28-34(4)7-3/h34-35H,5-33H2,1-4H3/t34?,35-/m0/s1. The lowest BCUT2D eigenvalue weighted by atomic mass is 10.00. The van der Waals surface area contributed by atoms with Crippen molar-refractivity contribution >= 4 is 17.9 Å². The topological polar surface area (TPSA) is 78.9 Å². The van der Waals surface area contributed by atoms with Crippen molar-refractivity contribution < 1.29 is 28.6 Å². The Morgan fingerprint density at radius 1 is 0.455 bits per heavy atom. The van der Waals surface area contributed by atoms with Gasteiger partial charge in [-0.3, -0.25) is 14.4 Å². The summed E-state index contributed by atoms with van der Waals surface area (Å²) in [5, 5.41) is 0. The van der Waals surface area contributed by atoms with Crippen LogP contribution < -0.4 is 0 Å². The molecule has 2 atom stereocenters. The van der Waals surface area contributed by atoms with Crippen LogP contribution in [0.2, 0.25) is 0 Å². The van der Waals surface area contributed by atoms with E-state index in [9.17, 15) is 14.4 Å². The van der Waals surface area contributed by atoms with Crippen LogP contribution in [0.1, 0.15) is 201 Å². The summed E-state index contributed by atoms with van der Waals surface area (Å²) in [7, 11) is 0. The molecule has 0 rings (SSSR count). The van der Waals surface area contributed by atoms with Crippen molar-refractivity contribution in [3.05, 3.63) is 0 Å². The largest absolute Gasteiger partial charge is 0.462 e. The maximum absolute atomic E-state index is 12.5. The molecule has 0 amide bonds. The predicted octanol–water partition coefficient (Wildman–Crippen LogP) is 11.2. The second-order valence-electron chi connectivity index (χ2n) is 13.1. The SMILES string of the molecule is CCCCCCCCCCCCCC(=O)OC[C@H](COC(=O)CCCCCCC)OC(=O)CCCCCCCCC(C)CC. The summed E-state index contributed by atoms with van der Waals surface area (Å²) in [5.41, 5.74) is 0. The molecule has 0 aliphatic carbocycles. The lowest BCUT2D eigenvalue weighted by Crippen LogP contribution is -2.30. The van der Waals surface area contributed by atoms with Gasteiger partial charge in [0.05, 0.1) is 0 Å². The first-order valence-corrected chi connectivity index (χ1v) is 18.9. The van der Waals surface area contributed by atoms with Crippen molar-refractivity contribution in [3.63, 3.8) is 0 Å². The average Bonchev–Trinajstić information content (AvgIpc) is 3.02. The molecule has 0 aromatic carbocycles. The van der Waals surface area contributed by atoms with E-state index in [1.54, 1.807) is 0 Å². The quantitative estimate of drug-likeness (QED) is 0.0410. The summed E-state index contributed by atoms with van der Waals surface area (Å²) in [6.45, 7) is 8.84. The first-order chi connectivity index (χ1) is 21.4. The van der Waals surface area contributed by atoms with Gasteiger partial charge in [0.2, 0.25) is 0 Å². The summed E-state index contributed by atoms with van der Waals surface area (Å²) in [4.78, 5) is 37.1. The van der Waals surface area contributed by atoms with Crippen molar-refractivity contribution in [2.75, 3.05) is 13.2 Å². The van der Waals surface area contributed by atoms with Crippen molar-refractivity contribution in [3.8, 4) is 0 Å². The number of hydrogen-bond donors (Lipinski definition) is 0. The lowest BCUT2D eigenvalue weighted by Gasteiger charge is -2.18. The molecule has 0 heterocycles. The molecular formula is C38H72O6. The molecule has 6 nitrogen and oxygen atoms in total. The molecule has 0 fully saturated rings. The van der Waals surface area contributed by atoms with Crippen LogP contribution in [0.15, 0.2) is 0 Å². The van der Waals surface area contributed by atoms with E-state index in [2.05, 4.69) is 27.7 Å². The molecular weight excluding hydrogens is 552 g/mol. The molecule has 0 radical (unpaired) electrons. The predicted molar refractivity (Wildman–Crippen MR) is 183 cm³/mol. The van der Waals surface area contributed by atoms with Crippen molar-refractivity contribution in [2.24, 2.45) is 5.92 Å². The number of rotatable bonds is 33. The van der Waals surface area contributed by atoms with Gasteiger partial charge in [-0.2, -0.15) is 0 Å². The second kappa shape index (κ2) is 32.8. The highest BCUT2D eigenvalue weighted by Crippen LogP contribution is 2.16. The van der Waals surface area contributed by atoms with Crippen LogP contribution in [-0.4, -0.2) is 37.2 Å². The van der Waals surface area contributed by atoms with Gasteiger partial charge in [0.15, 0.2) is 6.10 Å². The van der Waals surface area contributed by atoms with E-state index in [1.807, 2.05) is 0 Å². The first-order valence-electron chi connectivity index (χ1n) is 18.9. The third kappa shape index (κ3) is 30.4. The van der Waals surface area contributed by atoms with E-state index in [0.29, 0.717) is 19.3 Å². The highest BCUT2D eigenvalue weighted by molar-refractivity contribution is 5.71. The first kappa shape index (κ1) is 42.4. The minimum Gasteiger partial charge on any atom is -0.462 e. The molecule has 0 saturated carbocycles. The Morgan fingerprint density at radius 3 is 1.18 bits per heavy atom. The van der Waals surface area contributed by atoms with Gasteiger partial charge in [-0.1, -0.05) is 163 Å². The maximum atomic E-state index is 12.5. The molecule has 0 bridgehead atoms. The third-order valence-corrected chi connectivity index (χ3v) is 8.65. The average molecular weight is 625 g/mol. The van der Waals surface area contributed by atoms with E-state index >= 15 is 0 Å². The fraction of sp³-hybridized carbons (Fsp3) is 0.921. The van der Waals surface area contributed by atoms with E-state index in [0.717, 1.165) is 70.1 Å². The fourth-order valence-corrected chi connectivity index (χ4v) is 5.36. The minimum absolute atomic E-state index is 0.0669. The summed E-state index contributed by atoms with van der Waals surface area (Å²) in [5.74, 6) is -0.0730. The lowest BCUT2D eigenvalue weighted by molar-refractivity contribution is -0.167. The van der Waals surface area contributed by atoms with Crippen LogP contribution >= 0.6 is 0 Å². The Labute approximate surface area is 272 Å². The normalized spacial score (nSPS) is 12.5. The smallest absolute Gasteiger partial charge is 0.306 e. The highest BCUT2D eigenvalue weighted by atomic mass is 16.6. The van der Waals surface area contributed by atoms with Crippen LogP contribution in [0.4, 0.5) is 0 Å². The Balaban J connectivity index is 4.30. The monoisotopic (exact) mass is 625 g/mol. The molecule has 0 aromatic rings. The summed E-state index contributed by atoms with van der Waals surface area (Å²) in [6, 6.07) is 0. The Hall–Kier alpha value is -1.59. The van der Waals surface area contributed by atoms with E-state index in [-0.39, 0.29) is 31.1 Å². The summed E-state index contributed by atoms with van der Waals surface area (Å²) in [6.07, 6.45) is 28.3. The number of carbonyl (C=O) groups is 3. The van der Waals surface area contributed by atoms with Gasteiger partial charge in [-0.25, -0.2) is 0 Å². The van der Waals surface area contributed by atoms with E-state index < -0.39 is 6.10 Å². The van der Waals surface area contributed by atoms with Crippen LogP contribution in [0.3, 0.4) is 0 Å². The van der Waals surface area contributed by atoms with Crippen LogP contribution in [0, 0.1) is 5.92 Å². The van der Waals surface area contributed by atoms with Crippen molar-refractivity contribution in [1.82, 2.24) is 0 Å². The molecule has 0 aromatic heterocycles. The van der Waals surface area contributed by atoms with E-state index in [4.69, 9.17) is 14.2 Å². The maximum Gasteiger partial charge on any atom is 0.306 e. The van der Waals surface area contributed by atoms with Crippen LogP contribution in [0.5, 0.6) is 0 Å². The fourth-order valence-electron chi connectivity index (χ4n) is 5.36. The number of unbranched alkanes of at least 4 members (excludes halogenated alkanes) is 19. The van der Waals surface area contributed by atoms with Crippen molar-refractivity contribution in [2.45, 2.75) is 207 Å². The Morgan fingerprint density at radius 2 is 0.795 bits per heavy atom. The summed E-state index contributed by atoms with van der Waals surface area (Å²) < 4.78 is 16.5. The van der Waals surface area contributed by atoms with Gasteiger partial charge in [0.25, 0.3) is 0 Å². The number of carbonyl (C=O) groups excluding carboxylic acids is 3. The molecule has 0 N–H and O–H groups in total. The Bertz CT molecular complexity index is 664. The highest BCUT2D eigenvalue weighted by Gasteiger charge is 2.19. The molecule has 1 unspecified atom stereocenters. The van der Waals surface area contributed by atoms with E-state index in [1.165, 1.54) is 89.9 Å².